The van der Waals surface area contributed by atoms with E-state index in [4.69, 9.17) is 11.6 Å². The van der Waals surface area contributed by atoms with E-state index in [1.807, 2.05) is 13.8 Å². The van der Waals surface area contributed by atoms with Gasteiger partial charge in [0.2, 0.25) is 0 Å². The summed E-state index contributed by atoms with van der Waals surface area (Å²) in [5, 5.41) is 14.6. The maximum absolute atomic E-state index is 13.4. The first-order valence-corrected chi connectivity index (χ1v) is 8.29. The molecule has 4 nitrogen and oxygen atoms in total. The van der Waals surface area contributed by atoms with Crippen LogP contribution in [0, 0.1) is 12.8 Å². The van der Waals surface area contributed by atoms with Crippen LogP contribution in [0.4, 0.5) is 13.2 Å². The van der Waals surface area contributed by atoms with Crippen molar-refractivity contribution in [2.24, 2.45) is 11.0 Å². The fraction of sp³-hybridized carbons (Fsp3) is 0.529. The molecule has 1 aliphatic rings. The van der Waals surface area contributed by atoms with Gasteiger partial charge in [0, 0.05) is 22.7 Å². The minimum Gasteiger partial charge on any atom is -0.362 e. The number of hydrogen-bond donors (Lipinski definition) is 1. The van der Waals surface area contributed by atoms with Crippen molar-refractivity contribution in [1.29, 1.82) is 0 Å². The molecular formula is C17H20ClF3N2O2. The van der Waals surface area contributed by atoms with Crippen LogP contribution in [0.15, 0.2) is 23.3 Å². The highest BCUT2D eigenvalue weighted by Gasteiger charge is 2.63. The normalized spacial score (nSPS) is 21.0. The van der Waals surface area contributed by atoms with Gasteiger partial charge in [0.05, 0.1) is 0 Å². The number of amides is 1. The van der Waals surface area contributed by atoms with Gasteiger partial charge in [-0.25, -0.2) is 0 Å². The van der Waals surface area contributed by atoms with Crippen LogP contribution < -0.4 is 0 Å². The van der Waals surface area contributed by atoms with Crippen LogP contribution in [0.5, 0.6) is 0 Å². The van der Waals surface area contributed by atoms with E-state index >= 15 is 0 Å². The van der Waals surface area contributed by atoms with Crippen molar-refractivity contribution >= 4 is 23.2 Å². The Hall–Kier alpha value is -1.60. The van der Waals surface area contributed by atoms with Crippen LogP contribution >= 0.6 is 11.6 Å². The number of aryl methyl sites for hydroxylation is 1. The van der Waals surface area contributed by atoms with Crippen LogP contribution in [-0.2, 0) is 0 Å². The summed E-state index contributed by atoms with van der Waals surface area (Å²) in [7, 11) is 0. The molecule has 138 valence electrons. The van der Waals surface area contributed by atoms with E-state index in [0.717, 1.165) is 0 Å². The lowest BCUT2D eigenvalue weighted by molar-refractivity contribution is -0.297. The Morgan fingerprint density at radius 1 is 1.44 bits per heavy atom. The Labute approximate surface area is 149 Å². The van der Waals surface area contributed by atoms with E-state index < -0.39 is 24.2 Å². The van der Waals surface area contributed by atoms with Gasteiger partial charge in [-0.1, -0.05) is 25.4 Å². The van der Waals surface area contributed by atoms with E-state index in [1.54, 1.807) is 6.92 Å². The molecule has 1 heterocycles. The molecule has 1 amide bonds. The highest BCUT2D eigenvalue weighted by Crippen LogP contribution is 2.41. The topological polar surface area (TPSA) is 52.9 Å². The standard InChI is InChI=1S/C17H20ClF3N2O2/c1-10(2)4-6-13-9-16(25,17(19,20)21)23(22-13)15(24)12-5-7-14(18)11(3)8-12/h5,7-8,10,25H,4,6,9H2,1-3H3. The molecule has 8 heteroatoms. The largest absolute Gasteiger partial charge is 0.438 e. The Kier molecular flexibility index (Phi) is 5.49. The molecule has 1 aliphatic heterocycles. The number of hydrogen-bond acceptors (Lipinski definition) is 3. The molecule has 0 bridgehead atoms. The Morgan fingerprint density at radius 2 is 2.08 bits per heavy atom. The average Bonchev–Trinajstić information content (AvgIpc) is 2.85. The van der Waals surface area contributed by atoms with E-state index in [2.05, 4.69) is 5.10 Å². The molecule has 1 N–H and O–H groups in total. The average molecular weight is 377 g/mol. The number of aliphatic hydroxyl groups is 1. The van der Waals surface area contributed by atoms with Crippen molar-refractivity contribution in [3.8, 4) is 0 Å². The summed E-state index contributed by atoms with van der Waals surface area (Å²) in [6, 6.07) is 4.12. The molecule has 0 radical (unpaired) electrons. The molecule has 0 saturated heterocycles. The van der Waals surface area contributed by atoms with Gasteiger partial charge in [-0.2, -0.15) is 23.3 Å². The van der Waals surface area contributed by atoms with Crippen molar-refractivity contribution in [3.05, 3.63) is 34.3 Å². The minimum atomic E-state index is -5.02. The van der Waals surface area contributed by atoms with Crippen molar-refractivity contribution < 1.29 is 23.1 Å². The third kappa shape index (κ3) is 3.98. The quantitative estimate of drug-likeness (QED) is 0.838. The fourth-order valence-corrected chi connectivity index (χ4v) is 2.66. The van der Waals surface area contributed by atoms with Gasteiger partial charge >= 0.3 is 6.18 Å². The SMILES string of the molecule is Cc1cc(C(=O)N2N=C(CCC(C)C)CC2(O)C(F)(F)F)ccc1Cl. The number of halogens is 4. The van der Waals surface area contributed by atoms with Crippen LogP contribution in [-0.4, -0.2) is 33.6 Å². The summed E-state index contributed by atoms with van der Waals surface area (Å²) >= 11 is 5.89. The molecule has 1 atom stereocenters. The molecule has 0 aromatic heterocycles. The lowest BCUT2D eigenvalue weighted by Gasteiger charge is -2.32. The highest BCUT2D eigenvalue weighted by atomic mass is 35.5. The van der Waals surface area contributed by atoms with Gasteiger partial charge in [-0.15, -0.1) is 0 Å². The Morgan fingerprint density at radius 3 is 2.60 bits per heavy atom. The first-order chi connectivity index (χ1) is 11.5. The minimum absolute atomic E-state index is 0.0153. The second-order valence-corrected chi connectivity index (χ2v) is 7.08. The maximum atomic E-state index is 13.4. The first kappa shape index (κ1) is 19.7. The van der Waals surface area contributed by atoms with E-state index in [0.29, 0.717) is 23.4 Å². The molecule has 0 aliphatic carbocycles. The second kappa shape index (κ2) is 6.96. The molecule has 25 heavy (non-hydrogen) atoms. The number of hydrazone groups is 1. The fourth-order valence-electron chi connectivity index (χ4n) is 2.55. The third-order valence-corrected chi connectivity index (χ3v) is 4.53. The monoisotopic (exact) mass is 376 g/mol. The van der Waals surface area contributed by atoms with E-state index in [9.17, 15) is 23.1 Å². The smallest absolute Gasteiger partial charge is 0.362 e. The van der Waals surface area contributed by atoms with Crippen LogP contribution in [0.3, 0.4) is 0 Å². The van der Waals surface area contributed by atoms with Gasteiger partial charge in [0.25, 0.3) is 11.6 Å². The van der Waals surface area contributed by atoms with E-state index in [1.165, 1.54) is 18.2 Å². The molecule has 0 saturated carbocycles. The lowest BCUT2D eigenvalue weighted by atomic mass is 9.99. The zero-order valence-electron chi connectivity index (χ0n) is 14.2. The second-order valence-electron chi connectivity index (χ2n) is 6.67. The molecule has 0 spiro atoms. The molecular weight excluding hydrogens is 357 g/mol. The number of carbonyl (C=O) groups is 1. The zero-order chi connectivity index (χ0) is 19.0. The summed E-state index contributed by atoms with van der Waals surface area (Å²) in [5.74, 6) is -0.746. The van der Waals surface area contributed by atoms with Crippen molar-refractivity contribution in [2.75, 3.05) is 0 Å². The molecule has 1 aromatic carbocycles. The summed E-state index contributed by atoms with van der Waals surface area (Å²) in [6.07, 6.45) is -4.84. The molecule has 1 aromatic rings. The Bertz CT molecular complexity index is 704. The highest BCUT2D eigenvalue weighted by molar-refractivity contribution is 6.31. The van der Waals surface area contributed by atoms with Crippen molar-refractivity contribution in [3.63, 3.8) is 0 Å². The van der Waals surface area contributed by atoms with Crippen LogP contribution in [0.2, 0.25) is 5.02 Å². The third-order valence-electron chi connectivity index (χ3n) is 4.10. The van der Waals surface area contributed by atoms with Gasteiger partial charge in [0.15, 0.2) is 0 Å². The number of rotatable bonds is 4. The lowest BCUT2D eigenvalue weighted by Crippen LogP contribution is -2.56. The predicted molar refractivity (Wildman–Crippen MR) is 89.5 cm³/mol. The first-order valence-electron chi connectivity index (χ1n) is 7.92. The number of alkyl halides is 3. The molecule has 0 fully saturated rings. The predicted octanol–water partition coefficient (Wildman–Crippen LogP) is 4.54. The van der Waals surface area contributed by atoms with Crippen molar-refractivity contribution in [1.82, 2.24) is 5.01 Å². The molecule has 1 unspecified atom stereocenters. The Balaban J connectivity index is 2.37. The van der Waals surface area contributed by atoms with Gasteiger partial charge < -0.3 is 5.11 Å². The summed E-state index contributed by atoms with van der Waals surface area (Å²) in [4.78, 5) is 12.6. The van der Waals surface area contributed by atoms with Crippen LogP contribution in [0.25, 0.3) is 0 Å². The summed E-state index contributed by atoms with van der Waals surface area (Å²) in [6.45, 7) is 5.51. The number of carbonyl (C=O) groups excluding carboxylic acids is 1. The summed E-state index contributed by atoms with van der Waals surface area (Å²) in [5.41, 5.74) is -2.64. The van der Waals surface area contributed by atoms with Crippen LogP contribution in [0.1, 0.15) is 49.0 Å². The zero-order valence-corrected chi connectivity index (χ0v) is 14.9. The number of nitrogens with zero attached hydrogens (tertiary/aromatic N) is 2. The van der Waals surface area contributed by atoms with Gasteiger partial charge in [0.1, 0.15) is 0 Å². The van der Waals surface area contributed by atoms with Gasteiger partial charge in [-0.05, 0) is 49.4 Å². The van der Waals surface area contributed by atoms with Gasteiger partial charge in [-0.3, -0.25) is 4.79 Å². The maximum Gasteiger partial charge on any atom is 0.438 e. The van der Waals surface area contributed by atoms with Crippen molar-refractivity contribution in [2.45, 2.75) is 51.9 Å². The summed E-state index contributed by atoms with van der Waals surface area (Å²) < 4.78 is 40.3. The molecule has 2 rings (SSSR count). The number of benzene rings is 1. The van der Waals surface area contributed by atoms with E-state index in [-0.39, 0.29) is 22.2 Å².